The quantitative estimate of drug-likeness (QED) is 0.311. The van der Waals surface area contributed by atoms with Crippen LogP contribution in [0, 0.1) is 0 Å². The third-order valence-electron chi connectivity index (χ3n) is 5.93. The van der Waals surface area contributed by atoms with Crippen LogP contribution in [0.3, 0.4) is 0 Å². The van der Waals surface area contributed by atoms with Crippen molar-refractivity contribution in [3.05, 3.63) is 70.2 Å². The Hall–Kier alpha value is -3.02. The molecule has 1 aromatic heterocycles. The van der Waals surface area contributed by atoms with E-state index < -0.39 is 17.6 Å². The second kappa shape index (κ2) is 11.4. The maximum Gasteiger partial charge on any atom is 0.416 e. The van der Waals surface area contributed by atoms with Gasteiger partial charge in [-0.1, -0.05) is 30.3 Å². The van der Waals surface area contributed by atoms with Gasteiger partial charge in [0.15, 0.2) is 5.11 Å². The van der Waals surface area contributed by atoms with Crippen LogP contribution in [0.5, 0.6) is 0 Å². The smallest absolute Gasteiger partial charge is 0.365 e. The number of alkyl halides is 3. The molecule has 0 spiro atoms. The predicted octanol–water partition coefficient (Wildman–Crippen LogP) is 5.74. The molecule has 4 rings (SSSR count). The summed E-state index contributed by atoms with van der Waals surface area (Å²) in [6.45, 7) is 1.93. The molecule has 0 radical (unpaired) electrons. The Morgan fingerprint density at radius 1 is 1.19 bits per heavy atom. The zero-order valence-corrected chi connectivity index (χ0v) is 21.1. The minimum atomic E-state index is -4.45. The number of amides is 1. The number of para-hydroxylation sites is 1. The second-order valence-electron chi connectivity index (χ2n) is 8.33. The number of hydrogen-bond acceptors (Lipinski definition) is 5. The van der Waals surface area contributed by atoms with Gasteiger partial charge in [0.1, 0.15) is 12.4 Å². The van der Waals surface area contributed by atoms with Crippen LogP contribution in [0.2, 0.25) is 0 Å². The Labute approximate surface area is 216 Å². The van der Waals surface area contributed by atoms with Crippen molar-refractivity contribution in [3.63, 3.8) is 0 Å². The number of aromatic nitrogens is 1. The topological polar surface area (TPSA) is 66.5 Å². The van der Waals surface area contributed by atoms with Gasteiger partial charge >= 0.3 is 6.18 Å². The minimum absolute atomic E-state index is 0.232. The fourth-order valence-corrected chi connectivity index (χ4v) is 5.26. The maximum atomic E-state index is 13.2. The lowest BCUT2D eigenvalue weighted by atomic mass is 9.98. The fourth-order valence-electron chi connectivity index (χ4n) is 4.05. The van der Waals surface area contributed by atoms with Crippen LogP contribution in [0.4, 0.5) is 18.9 Å². The number of carbonyl (C=O) groups excluding carboxylic acids is 1. The minimum Gasteiger partial charge on any atom is -0.365 e. The lowest BCUT2D eigenvalue weighted by Gasteiger charge is -2.33. The van der Waals surface area contributed by atoms with Crippen molar-refractivity contribution in [2.24, 2.45) is 0 Å². The van der Waals surface area contributed by atoms with Crippen molar-refractivity contribution in [2.75, 3.05) is 32.2 Å². The standard InChI is InChI=1S/C25H25F3N4O2S2/c1-34-15-29-24(35)32-11-9-16(10-12-32)23-31-21(14-36-23)22(33)30-20-8-3-2-7-19(20)17-5-4-6-18(13-17)25(26,27)28/h2-8,13-14,16H,9-12,15H2,1H3,(H,29,35)(H,30,33). The molecule has 2 aromatic carbocycles. The molecule has 36 heavy (non-hydrogen) atoms. The van der Waals surface area contributed by atoms with Crippen molar-refractivity contribution in [3.8, 4) is 11.1 Å². The number of benzene rings is 2. The Morgan fingerprint density at radius 2 is 1.94 bits per heavy atom. The molecule has 11 heteroatoms. The largest absolute Gasteiger partial charge is 0.416 e. The summed E-state index contributed by atoms with van der Waals surface area (Å²) in [5.74, 6) is -0.172. The van der Waals surface area contributed by atoms with Gasteiger partial charge in [0.05, 0.1) is 10.6 Å². The summed E-state index contributed by atoms with van der Waals surface area (Å²) in [5.41, 5.74) is 0.823. The molecule has 0 saturated carbocycles. The molecule has 2 heterocycles. The molecule has 0 unspecified atom stereocenters. The fraction of sp³-hybridized carbons (Fsp3) is 0.320. The van der Waals surface area contributed by atoms with Crippen LogP contribution < -0.4 is 10.6 Å². The number of thiocarbonyl (C=S) groups is 1. The van der Waals surface area contributed by atoms with Crippen LogP contribution in [0.25, 0.3) is 11.1 Å². The van der Waals surface area contributed by atoms with Crippen molar-refractivity contribution >= 4 is 40.3 Å². The number of piperidine rings is 1. The monoisotopic (exact) mass is 534 g/mol. The number of thiazole rings is 1. The molecular weight excluding hydrogens is 509 g/mol. The number of nitrogens with zero attached hydrogens (tertiary/aromatic N) is 2. The first-order chi connectivity index (χ1) is 17.3. The maximum absolute atomic E-state index is 13.2. The van der Waals surface area contributed by atoms with E-state index in [0.29, 0.717) is 28.7 Å². The van der Waals surface area contributed by atoms with Crippen molar-refractivity contribution in [2.45, 2.75) is 24.9 Å². The lowest BCUT2D eigenvalue weighted by molar-refractivity contribution is -0.137. The van der Waals surface area contributed by atoms with Gasteiger partial charge in [-0.05, 0) is 48.8 Å². The number of nitrogens with one attached hydrogen (secondary N) is 2. The number of rotatable bonds is 6. The zero-order chi connectivity index (χ0) is 25.7. The molecule has 190 valence electrons. The van der Waals surface area contributed by atoms with E-state index in [1.807, 2.05) is 0 Å². The highest BCUT2D eigenvalue weighted by molar-refractivity contribution is 7.80. The van der Waals surface area contributed by atoms with Gasteiger partial charge in [-0.2, -0.15) is 13.2 Å². The highest BCUT2D eigenvalue weighted by Crippen LogP contribution is 2.35. The first-order valence-electron chi connectivity index (χ1n) is 11.3. The molecule has 0 bridgehead atoms. The van der Waals surface area contributed by atoms with E-state index in [-0.39, 0.29) is 11.6 Å². The molecule has 1 aliphatic rings. The van der Waals surface area contributed by atoms with Gasteiger partial charge in [0.25, 0.3) is 5.91 Å². The van der Waals surface area contributed by atoms with Gasteiger partial charge in [0, 0.05) is 42.7 Å². The molecule has 1 amide bonds. The van der Waals surface area contributed by atoms with Gasteiger partial charge in [0.2, 0.25) is 0 Å². The lowest BCUT2D eigenvalue weighted by Crippen LogP contribution is -2.44. The summed E-state index contributed by atoms with van der Waals surface area (Å²) in [6, 6.07) is 11.8. The first kappa shape index (κ1) is 26.1. The summed E-state index contributed by atoms with van der Waals surface area (Å²) in [4.78, 5) is 19.6. The number of carbonyl (C=O) groups is 1. The van der Waals surface area contributed by atoms with Crippen molar-refractivity contribution in [1.82, 2.24) is 15.2 Å². The van der Waals surface area contributed by atoms with Crippen LogP contribution >= 0.6 is 23.6 Å². The van der Waals surface area contributed by atoms with Crippen LogP contribution in [-0.2, 0) is 10.9 Å². The van der Waals surface area contributed by atoms with Gasteiger partial charge in [-0.3, -0.25) is 4.79 Å². The normalized spacial score (nSPS) is 14.5. The highest BCUT2D eigenvalue weighted by atomic mass is 32.1. The molecule has 2 N–H and O–H groups in total. The van der Waals surface area contributed by atoms with Crippen LogP contribution in [0.15, 0.2) is 53.9 Å². The summed E-state index contributed by atoms with van der Waals surface area (Å²) < 4.78 is 44.6. The van der Waals surface area contributed by atoms with E-state index in [2.05, 4.69) is 20.5 Å². The van der Waals surface area contributed by atoms with E-state index >= 15 is 0 Å². The molecule has 0 aliphatic carbocycles. The van der Waals surface area contributed by atoms with E-state index in [9.17, 15) is 18.0 Å². The molecule has 1 aliphatic heterocycles. The van der Waals surface area contributed by atoms with Crippen LogP contribution in [0.1, 0.15) is 39.8 Å². The average Bonchev–Trinajstić information content (AvgIpc) is 3.38. The summed E-state index contributed by atoms with van der Waals surface area (Å²) >= 11 is 6.82. The SMILES string of the molecule is COCNC(=S)N1CCC(c2nc(C(=O)Nc3ccccc3-c3cccc(C(F)(F)F)c3)cs2)CC1. The number of hydrogen-bond donors (Lipinski definition) is 2. The third-order valence-corrected chi connectivity index (χ3v) is 7.34. The van der Waals surface area contributed by atoms with E-state index in [1.165, 1.54) is 17.4 Å². The number of methoxy groups -OCH3 is 1. The number of ether oxygens (including phenoxy) is 1. The zero-order valence-electron chi connectivity index (χ0n) is 19.5. The number of anilines is 1. The Kier molecular flexibility index (Phi) is 8.22. The first-order valence-corrected chi connectivity index (χ1v) is 12.6. The predicted molar refractivity (Wildman–Crippen MR) is 138 cm³/mol. The van der Waals surface area contributed by atoms with Crippen LogP contribution in [-0.4, -0.2) is 47.8 Å². The van der Waals surface area contributed by atoms with E-state index in [1.54, 1.807) is 42.8 Å². The van der Waals surface area contributed by atoms with E-state index in [0.717, 1.165) is 43.1 Å². The van der Waals surface area contributed by atoms with Gasteiger partial charge in [-0.15, -0.1) is 11.3 Å². The molecular formula is C25H25F3N4O2S2. The summed E-state index contributed by atoms with van der Waals surface area (Å²) in [6.07, 6.45) is -2.73. The Morgan fingerprint density at radius 3 is 2.67 bits per heavy atom. The third kappa shape index (κ3) is 6.21. The van der Waals surface area contributed by atoms with Gasteiger partial charge in [-0.25, -0.2) is 4.98 Å². The van der Waals surface area contributed by atoms with Gasteiger partial charge < -0.3 is 20.3 Å². The highest BCUT2D eigenvalue weighted by Gasteiger charge is 2.30. The van der Waals surface area contributed by atoms with E-state index in [4.69, 9.17) is 17.0 Å². The summed E-state index contributed by atoms with van der Waals surface area (Å²) in [5, 5.41) is 9.13. The summed E-state index contributed by atoms with van der Waals surface area (Å²) in [7, 11) is 1.60. The second-order valence-corrected chi connectivity index (χ2v) is 9.60. The Balaban J connectivity index is 1.43. The molecule has 3 aromatic rings. The number of likely N-dealkylation sites (tertiary alicyclic amines) is 1. The average molecular weight is 535 g/mol. The molecule has 6 nitrogen and oxygen atoms in total. The van der Waals surface area contributed by atoms with Crippen molar-refractivity contribution in [1.29, 1.82) is 0 Å². The molecule has 1 saturated heterocycles. The van der Waals surface area contributed by atoms with Crippen molar-refractivity contribution < 1.29 is 22.7 Å². The molecule has 1 fully saturated rings. The molecule has 0 atom stereocenters. The number of halogens is 3. The Bertz CT molecular complexity index is 1220.